The van der Waals surface area contributed by atoms with E-state index < -0.39 is 0 Å². The second-order valence-corrected chi connectivity index (χ2v) is 4.94. The van der Waals surface area contributed by atoms with Crippen LogP contribution in [0.1, 0.15) is 36.0 Å². The molecule has 1 aliphatic rings. The largest absolute Gasteiger partial charge is 0.352 e. The molecule has 0 unspecified atom stereocenters. The van der Waals surface area contributed by atoms with Gasteiger partial charge in [0.15, 0.2) is 0 Å². The molecule has 4 heteroatoms. The van der Waals surface area contributed by atoms with Crippen LogP contribution in [0.3, 0.4) is 0 Å². The summed E-state index contributed by atoms with van der Waals surface area (Å²) in [6.07, 6.45) is 8.48. The first-order chi connectivity index (χ1) is 8.25. The number of pyridine rings is 1. The molecule has 1 aliphatic carbocycles. The number of allylic oxidation sites excluding steroid dienone is 1. The highest BCUT2D eigenvalue weighted by molar-refractivity contribution is 9.10. The van der Waals surface area contributed by atoms with Gasteiger partial charge in [-0.05, 0) is 53.7 Å². The van der Waals surface area contributed by atoms with Gasteiger partial charge in [-0.2, -0.15) is 0 Å². The number of nitrogens with zero attached hydrogens (tertiary/aromatic N) is 1. The molecule has 2 rings (SSSR count). The van der Waals surface area contributed by atoms with Crippen LogP contribution in [0, 0.1) is 0 Å². The Hall–Kier alpha value is -1.16. The minimum absolute atomic E-state index is 0.0522. The zero-order chi connectivity index (χ0) is 12.1. The maximum Gasteiger partial charge on any atom is 0.252 e. The standard InChI is InChI=1S/C13H15BrN2O/c14-12-6-5-11(9-16-12)13(17)15-8-7-10-3-1-2-4-10/h3,5-6,9H,1-2,4,7-8H2,(H,15,17). The van der Waals surface area contributed by atoms with Crippen molar-refractivity contribution in [2.45, 2.75) is 25.7 Å². The molecule has 0 atom stereocenters. The van der Waals surface area contributed by atoms with Crippen molar-refractivity contribution in [2.75, 3.05) is 6.54 Å². The van der Waals surface area contributed by atoms with Gasteiger partial charge >= 0.3 is 0 Å². The van der Waals surface area contributed by atoms with Crippen LogP contribution >= 0.6 is 15.9 Å². The summed E-state index contributed by atoms with van der Waals surface area (Å²) in [5, 5.41) is 2.91. The second kappa shape index (κ2) is 5.96. The van der Waals surface area contributed by atoms with Crippen LogP contribution in [0.5, 0.6) is 0 Å². The molecule has 0 radical (unpaired) electrons. The Bertz CT molecular complexity index is 426. The van der Waals surface area contributed by atoms with Gasteiger partial charge in [0.25, 0.3) is 5.91 Å². The van der Waals surface area contributed by atoms with Gasteiger partial charge in [0.05, 0.1) is 5.56 Å². The summed E-state index contributed by atoms with van der Waals surface area (Å²) < 4.78 is 0.741. The molecule has 0 fully saturated rings. The fraction of sp³-hybridized carbons (Fsp3) is 0.385. The van der Waals surface area contributed by atoms with E-state index in [1.54, 1.807) is 18.3 Å². The number of hydrogen-bond donors (Lipinski definition) is 1. The maximum absolute atomic E-state index is 11.7. The van der Waals surface area contributed by atoms with Crippen LogP contribution in [-0.2, 0) is 0 Å². The lowest BCUT2D eigenvalue weighted by atomic mass is 10.1. The highest BCUT2D eigenvalue weighted by Crippen LogP contribution is 2.19. The van der Waals surface area contributed by atoms with E-state index in [-0.39, 0.29) is 5.91 Å². The summed E-state index contributed by atoms with van der Waals surface area (Å²) >= 11 is 3.24. The molecular formula is C13H15BrN2O. The third-order valence-corrected chi connectivity index (χ3v) is 3.33. The predicted octanol–water partition coefficient (Wildman–Crippen LogP) is 3.07. The fourth-order valence-electron chi connectivity index (χ4n) is 1.91. The van der Waals surface area contributed by atoms with Crippen LogP contribution in [0.15, 0.2) is 34.6 Å². The number of hydrogen-bond acceptors (Lipinski definition) is 2. The smallest absolute Gasteiger partial charge is 0.252 e. The SMILES string of the molecule is O=C(NCCC1=CCCC1)c1ccc(Br)nc1. The third-order valence-electron chi connectivity index (χ3n) is 2.86. The minimum Gasteiger partial charge on any atom is -0.352 e. The monoisotopic (exact) mass is 294 g/mol. The van der Waals surface area contributed by atoms with Gasteiger partial charge in [-0.1, -0.05) is 11.6 Å². The van der Waals surface area contributed by atoms with E-state index in [1.165, 1.54) is 24.8 Å². The van der Waals surface area contributed by atoms with Gasteiger partial charge in [-0.3, -0.25) is 4.79 Å². The summed E-state index contributed by atoms with van der Waals surface area (Å²) in [5.41, 5.74) is 2.08. The molecule has 1 heterocycles. The van der Waals surface area contributed by atoms with Crippen molar-refractivity contribution in [3.63, 3.8) is 0 Å². The highest BCUT2D eigenvalue weighted by Gasteiger charge is 2.07. The van der Waals surface area contributed by atoms with E-state index in [9.17, 15) is 4.79 Å². The summed E-state index contributed by atoms with van der Waals surface area (Å²) in [7, 11) is 0. The van der Waals surface area contributed by atoms with Crippen molar-refractivity contribution in [1.82, 2.24) is 10.3 Å². The van der Waals surface area contributed by atoms with Crippen LogP contribution in [-0.4, -0.2) is 17.4 Å². The zero-order valence-corrected chi connectivity index (χ0v) is 11.2. The molecule has 1 N–H and O–H groups in total. The third kappa shape index (κ3) is 3.66. The Kier molecular flexibility index (Phi) is 4.31. The van der Waals surface area contributed by atoms with Crippen LogP contribution in [0.25, 0.3) is 0 Å². The molecule has 0 spiro atoms. The lowest BCUT2D eigenvalue weighted by molar-refractivity contribution is 0.0953. The second-order valence-electron chi connectivity index (χ2n) is 4.13. The minimum atomic E-state index is -0.0522. The molecule has 3 nitrogen and oxygen atoms in total. The lowest BCUT2D eigenvalue weighted by Crippen LogP contribution is -2.24. The molecule has 0 saturated heterocycles. The van der Waals surface area contributed by atoms with Gasteiger partial charge in [-0.25, -0.2) is 4.98 Å². The lowest BCUT2D eigenvalue weighted by Gasteiger charge is -2.05. The summed E-state index contributed by atoms with van der Waals surface area (Å²) in [6, 6.07) is 3.54. The van der Waals surface area contributed by atoms with Crippen LogP contribution in [0.2, 0.25) is 0 Å². The van der Waals surface area contributed by atoms with E-state index >= 15 is 0 Å². The normalized spacial score (nSPS) is 14.5. The Morgan fingerprint density at radius 3 is 3.00 bits per heavy atom. The zero-order valence-electron chi connectivity index (χ0n) is 9.58. The predicted molar refractivity (Wildman–Crippen MR) is 70.8 cm³/mol. The van der Waals surface area contributed by atoms with Crippen LogP contribution < -0.4 is 5.32 Å². The Labute approximate surface area is 109 Å². The quantitative estimate of drug-likeness (QED) is 0.685. The Morgan fingerprint density at radius 1 is 1.47 bits per heavy atom. The first kappa shape index (κ1) is 12.3. The van der Waals surface area contributed by atoms with Gasteiger partial charge in [0.2, 0.25) is 0 Å². The summed E-state index contributed by atoms with van der Waals surface area (Å²) in [4.78, 5) is 15.8. The fourth-order valence-corrected chi connectivity index (χ4v) is 2.15. The number of carbonyl (C=O) groups is 1. The Morgan fingerprint density at radius 2 is 2.35 bits per heavy atom. The topological polar surface area (TPSA) is 42.0 Å². The summed E-state index contributed by atoms with van der Waals surface area (Å²) in [6.45, 7) is 0.709. The van der Waals surface area contributed by atoms with Crippen LogP contribution in [0.4, 0.5) is 0 Å². The maximum atomic E-state index is 11.7. The molecule has 1 amide bonds. The molecule has 17 heavy (non-hydrogen) atoms. The van der Waals surface area contributed by atoms with Gasteiger partial charge in [0, 0.05) is 12.7 Å². The van der Waals surface area contributed by atoms with Crippen molar-refractivity contribution in [2.24, 2.45) is 0 Å². The number of carbonyl (C=O) groups excluding carboxylic acids is 1. The first-order valence-corrected chi connectivity index (χ1v) is 6.62. The molecular weight excluding hydrogens is 280 g/mol. The molecule has 0 bridgehead atoms. The van der Waals surface area contributed by atoms with Gasteiger partial charge < -0.3 is 5.32 Å². The van der Waals surface area contributed by atoms with E-state index in [1.807, 2.05) is 0 Å². The van der Waals surface area contributed by atoms with Crippen molar-refractivity contribution >= 4 is 21.8 Å². The van der Waals surface area contributed by atoms with Gasteiger partial charge in [0.1, 0.15) is 4.60 Å². The highest BCUT2D eigenvalue weighted by atomic mass is 79.9. The van der Waals surface area contributed by atoms with E-state index in [0.717, 1.165) is 11.0 Å². The van der Waals surface area contributed by atoms with Gasteiger partial charge in [-0.15, -0.1) is 0 Å². The number of rotatable bonds is 4. The van der Waals surface area contributed by atoms with Crippen molar-refractivity contribution in [1.29, 1.82) is 0 Å². The first-order valence-electron chi connectivity index (χ1n) is 5.83. The Balaban J connectivity index is 1.79. The average molecular weight is 295 g/mol. The molecule has 1 aromatic rings. The van der Waals surface area contributed by atoms with E-state index in [4.69, 9.17) is 0 Å². The number of aromatic nitrogens is 1. The van der Waals surface area contributed by atoms with Crippen molar-refractivity contribution in [3.8, 4) is 0 Å². The molecule has 0 saturated carbocycles. The average Bonchev–Trinajstić information content (AvgIpc) is 2.83. The molecule has 0 aliphatic heterocycles. The molecule has 1 aromatic heterocycles. The van der Waals surface area contributed by atoms with Crippen molar-refractivity contribution in [3.05, 3.63) is 40.1 Å². The number of amides is 1. The molecule has 0 aromatic carbocycles. The molecule has 90 valence electrons. The summed E-state index contributed by atoms with van der Waals surface area (Å²) in [5.74, 6) is -0.0522. The van der Waals surface area contributed by atoms with E-state index in [2.05, 4.69) is 32.3 Å². The number of nitrogens with one attached hydrogen (secondary N) is 1. The number of halogens is 1. The van der Waals surface area contributed by atoms with E-state index in [0.29, 0.717) is 12.1 Å². The van der Waals surface area contributed by atoms with Crippen molar-refractivity contribution < 1.29 is 4.79 Å².